The Balaban J connectivity index is 1.88. The summed E-state index contributed by atoms with van der Waals surface area (Å²) in [7, 11) is 0. The predicted octanol–water partition coefficient (Wildman–Crippen LogP) is 5.31. The van der Waals surface area contributed by atoms with E-state index in [1.165, 1.54) is 32.9 Å². The summed E-state index contributed by atoms with van der Waals surface area (Å²) in [6.07, 6.45) is 11.1. The molecule has 0 bridgehead atoms. The van der Waals surface area contributed by atoms with Crippen molar-refractivity contribution in [3.05, 3.63) is 83.5 Å². The Morgan fingerprint density at radius 3 is 2.64 bits per heavy atom. The number of phenols is 1. The molecule has 0 heterocycles. The Hall–Kier alpha value is -2.80. The molecule has 2 aliphatic rings. The minimum atomic E-state index is 0.315. The fourth-order valence-electron chi connectivity index (χ4n) is 3.75. The van der Waals surface area contributed by atoms with Gasteiger partial charge in [-0.3, -0.25) is 0 Å². The maximum absolute atomic E-state index is 9.67. The highest BCUT2D eigenvalue weighted by Crippen LogP contribution is 2.41. The van der Waals surface area contributed by atoms with Gasteiger partial charge in [-0.15, -0.1) is 0 Å². The van der Waals surface area contributed by atoms with E-state index in [0.29, 0.717) is 11.7 Å². The third-order valence-electron chi connectivity index (χ3n) is 4.80. The van der Waals surface area contributed by atoms with E-state index in [0.717, 1.165) is 5.39 Å². The van der Waals surface area contributed by atoms with Crippen LogP contribution in [-0.4, -0.2) is 5.11 Å². The van der Waals surface area contributed by atoms with Crippen molar-refractivity contribution >= 4 is 27.6 Å². The van der Waals surface area contributed by atoms with E-state index in [9.17, 15) is 5.11 Å². The normalized spacial score (nSPS) is 18.5. The Morgan fingerprint density at radius 1 is 0.818 bits per heavy atom. The zero-order chi connectivity index (χ0) is 14.7. The lowest BCUT2D eigenvalue weighted by Gasteiger charge is -2.21. The molecule has 104 valence electrons. The van der Waals surface area contributed by atoms with Crippen LogP contribution in [0.5, 0.6) is 5.75 Å². The summed E-state index contributed by atoms with van der Waals surface area (Å²) in [5.74, 6) is 0.718. The van der Waals surface area contributed by atoms with Gasteiger partial charge in [0.05, 0.1) is 0 Å². The first-order valence-corrected chi connectivity index (χ1v) is 7.56. The van der Waals surface area contributed by atoms with E-state index in [4.69, 9.17) is 0 Å². The van der Waals surface area contributed by atoms with E-state index in [-0.39, 0.29) is 0 Å². The van der Waals surface area contributed by atoms with Gasteiger partial charge in [-0.25, -0.2) is 0 Å². The molecule has 0 fully saturated rings. The number of hydrogen-bond acceptors (Lipinski definition) is 1. The minimum absolute atomic E-state index is 0.315. The van der Waals surface area contributed by atoms with Crippen molar-refractivity contribution in [3.8, 4) is 5.75 Å². The molecule has 2 aliphatic carbocycles. The summed E-state index contributed by atoms with van der Waals surface area (Å²) >= 11 is 0. The molecule has 1 atom stereocenters. The van der Waals surface area contributed by atoms with E-state index in [1.807, 2.05) is 12.1 Å². The second-order valence-electron chi connectivity index (χ2n) is 6.00. The van der Waals surface area contributed by atoms with Crippen molar-refractivity contribution in [2.24, 2.45) is 0 Å². The molecule has 0 aliphatic heterocycles. The van der Waals surface area contributed by atoms with E-state index in [2.05, 4.69) is 54.6 Å². The summed E-state index contributed by atoms with van der Waals surface area (Å²) in [6, 6.07) is 14.3. The molecule has 0 saturated heterocycles. The number of aromatic hydroxyl groups is 1. The molecule has 3 aromatic rings. The SMILES string of the molecule is Oc1ccc2c(ccc3c4c(ccc32)C2C=CC=C2C=C4)c1. The second-order valence-corrected chi connectivity index (χ2v) is 6.00. The Bertz CT molecular complexity index is 1030. The Morgan fingerprint density at radius 2 is 1.68 bits per heavy atom. The van der Waals surface area contributed by atoms with Crippen LogP contribution in [0, 0.1) is 0 Å². The zero-order valence-corrected chi connectivity index (χ0v) is 12.0. The number of allylic oxidation sites excluding steroid dienone is 5. The Kier molecular flexibility index (Phi) is 2.21. The van der Waals surface area contributed by atoms with Crippen molar-refractivity contribution < 1.29 is 5.11 Å². The maximum Gasteiger partial charge on any atom is 0.116 e. The monoisotopic (exact) mass is 282 g/mol. The molecule has 1 unspecified atom stereocenters. The van der Waals surface area contributed by atoms with Gasteiger partial charge in [0.15, 0.2) is 0 Å². The lowest BCUT2D eigenvalue weighted by molar-refractivity contribution is 0.476. The zero-order valence-electron chi connectivity index (χ0n) is 12.0. The van der Waals surface area contributed by atoms with Gasteiger partial charge in [0.25, 0.3) is 0 Å². The van der Waals surface area contributed by atoms with Gasteiger partial charge < -0.3 is 5.11 Å². The summed E-state index contributed by atoms with van der Waals surface area (Å²) in [5, 5.41) is 14.5. The first-order valence-electron chi connectivity index (χ1n) is 7.56. The first kappa shape index (κ1) is 11.8. The minimum Gasteiger partial charge on any atom is -0.508 e. The second kappa shape index (κ2) is 4.11. The van der Waals surface area contributed by atoms with Crippen molar-refractivity contribution in [1.82, 2.24) is 0 Å². The van der Waals surface area contributed by atoms with E-state index >= 15 is 0 Å². The molecule has 0 saturated carbocycles. The van der Waals surface area contributed by atoms with Gasteiger partial charge in [0, 0.05) is 5.92 Å². The van der Waals surface area contributed by atoms with Gasteiger partial charge in [-0.2, -0.15) is 0 Å². The molecule has 22 heavy (non-hydrogen) atoms. The summed E-state index contributed by atoms with van der Waals surface area (Å²) in [6.45, 7) is 0. The van der Waals surface area contributed by atoms with Crippen molar-refractivity contribution in [1.29, 1.82) is 0 Å². The maximum atomic E-state index is 9.67. The lowest BCUT2D eigenvalue weighted by Crippen LogP contribution is -2.03. The van der Waals surface area contributed by atoms with Crippen LogP contribution in [0.4, 0.5) is 0 Å². The van der Waals surface area contributed by atoms with Crippen LogP contribution in [0.1, 0.15) is 17.0 Å². The number of rotatable bonds is 0. The molecule has 0 radical (unpaired) electrons. The van der Waals surface area contributed by atoms with Gasteiger partial charge in [0.1, 0.15) is 5.75 Å². The first-order chi connectivity index (χ1) is 10.8. The lowest BCUT2D eigenvalue weighted by atomic mass is 9.82. The summed E-state index contributed by atoms with van der Waals surface area (Å²) in [5.41, 5.74) is 4.08. The largest absolute Gasteiger partial charge is 0.508 e. The standard InChI is InChI=1S/C21H14O/c22-15-6-9-17-14(12-15)5-8-21-19(17)11-10-18-16-3-1-2-13(16)4-7-20(18)21/h1-12,16,22H. The Labute approximate surface area is 128 Å². The smallest absolute Gasteiger partial charge is 0.116 e. The van der Waals surface area contributed by atoms with E-state index < -0.39 is 0 Å². The average Bonchev–Trinajstić information content (AvgIpc) is 3.02. The third-order valence-corrected chi connectivity index (χ3v) is 4.80. The van der Waals surface area contributed by atoms with Gasteiger partial charge in [-0.05, 0) is 50.4 Å². The molecular weight excluding hydrogens is 268 g/mol. The highest BCUT2D eigenvalue weighted by atomic mass is 16.3. The number of fused-ring (bicyclic) bond motifs is 7. The van der Waals surface area contributed by atoms with Gasteiger partial charge >= 0.3 is 0 Å². The molecular formula is C21H14O. The molecule has 5 rings (SSSR count). The molecule has 1 N–H and O–H groups in total. The quantitative estimate of drug-likeness (QED) is 0.554. The highest BCUT2D eigenvalue weighted by molar-refractivity contribution is 6.10. The van der Waals surface area contributed by atoms with Crippen LogP contribution in [0.2, 0.25) is 0 Å². The molecule has 1 heteroatoms. The topological polar surface area (TPSA) is 20.2 Å². The highest BCUT2D eigenvalue weighted by Gasteiger charge is 2.22. The fourth-order valence-corrected chi connectivity index (χ4v) is 3.75. The van der Waals surface area contributed by atoms with Crippen LogP contribution >= 0.6 is 0 Å². The predicted molar refractivity (Wildman–Crippen MR) is 92.1 cm³/mol. The molecule has 0 spiro atoms. The van der Waals surface area contributed by atoms with Crippen LogP contribution < -0.4 is 0 Å². The van der Waals surface area contributed by atoms with Crippen molar-refractivity contribution in [3.63, 3.8) is 0 Å². The number of phenolic OH excluding ortho intramolecular Hbond substituents is 1. The van der Waals surface area contributed by atoms with Crippen LogP contribution in [0.3, 0.4) is 0 Å². The molecule has 0 aromatic heterocycles. The average molecular weight is 282 g/mol. The summed E-state index contributed by atoms with van der Waals surface area (Å²) in [4.78, 5) is 0. The fraction of sp³-hybridized carbons (Fsp3) is 0.0476. The number of hydrogen-bond donors (Lipinski definition) is 1. The molecule has 3 aromatic carbocycles. The molecule has 0 amide bonds. The van der Waals surface area contributed by atoms with Crippen LogP contribution in [0.25, 0.3) is 27.6 Å². The third kappa shape index (κ3) is 1.48. The van der Waals surface area contributed by atoms with Gasteiger partial charge in [0.2, 0.25) is 0 Å². The van der Waals surface area contributed by atoms with Crippen molar-refractivity contribution in [2.75, 3.05) is 0 Å². The van der Waals surface area contributed by atoms with E-state index in [1.54, 1.807) is 6.07 Å². The molecule has 1 nitrogen and oxygen atoms in total. The van der Waals surface area contributed by atoms with Crippen LogP contribution in [0.15, 0.2) is 72.3 Å². The van der Waals surface area contributed by atoms with Crippen molar-refractivity contribution in [2.45, 2.75) is 5.92 Å². The number of benzene rings is 3. The summed E-state index contributed by atoms with van der Waals surface area (Å²) < 4.78 is 0. The van der Waals surface area contributed by atoms with Crippen LogP contribution in [-0.2, 0) is 0 Å². The van der Waals surface area contributed by atoms with Gasteiger partial charge in [-0.1, -0.05) is 60.7 Å².